The molecular weight excluding hydrogens is 277 g/mol. The zero-order valence-corrected chi connectivity index (χ0v) is 12.9. The Morgan fingerprint density at radius 2 is 1.95 bits per heavy atom. The van der Waals surface area contributed by atoms with Crippen molar-refractivity contribution in [2.24, 2.45) is 0 Å². The molecule has 0 unspecified atom stereocenters. The van der Waals surface area contributed by atoms with Crippen molar-refractivity contribution in [2.75, 3.05) is 6.54 Å². The van der Waals surface area contributed by atoms with Gasteiger partial charge in [0.2, 0.25) is 0 Å². The van der Waals surface area contributed by atoms with Gasteiger partial charge in [0.05, 0.1) is 11.0 Å². The van der Waals surface area contributed by atoms with Crippen LogP contribution in [0.2, 0.25) is 0 Å². The van der Waals surface area contributed by atoms with Crippen LogP contribution in [0, 0.1) is 19.7 Å². The van der Waals surface area contributed by atoms with Crippen molar-refractivity contribution in [1.29, 1.82) is 0 Å². The highest BCUT2D eigenvalue weighted by molar-refractivity contribution is 5.75. The van der Waals surface area contributed by atoms with Crippen molar-refractivity contribution < 1.29 is 4.39 Å². The molecule has 0 atom stereocenters. The largest absolute Gasteiger partial charge is 0.327 e. The molecule has 1 aromatic heterocycles. The van der Waals surface area contributed by atoms with Crippen LogP contribution in [0.4, 0.5) is 4.39 Å². The third-order valence-electron chi connectivity index (χ3n) is 3.92. The van der Waals surface area contributed by atoms with Gasteiger partial charge < -0.3 is 9.88 Å². The Morgan fingerprint density at radius 1 is 1.14 bits per heavy atom. The first-order valence-electron chi connectivity index (χ1n) is 7.53. The third-order valence-corrected chi connectivity index (χ3v) is 3.92. The zero-order chi connectivity index (χ0) is 15.5. The first-order valence-corrected chi connectivity index (χ1v) is 7.53. The predicted molar refractivity (Wildman–Crippen MR) is 87.3 cm³/mol. The van der Waals surface area contributed by atoms with Gasteiger partial charge in [-0.05, 0) is 43.2 Å². The van der Waals surface area contributed by atoms with Crippen molar-refractivity contribution >= 4 is 11.0 Å². The molecule has 0 amide bonds. The van der Waals surface area contributed by atoms with Crippen LogP contribution in [0.1, 0.15) is 17.0 Å². The number of hydrogen-bond acceptors (Lipinski definition) is 2. The minimum Gasteiger partial charge on any atom is -0.327 e. The molecule has 0 aliphatic heterocycles. The second kappa shape index (κ2) is 6.28. The van der Waals surface area contributed by atoms with E-state index in [0.29, 0.717) is 12.1 Å². The first kappa shape index (κ1) is 14.7. The lowest BCUT2D eigenvalue weighted by Crippen LogP contribution is -2.20. The second-order valence-corrected chi connectivity index (χ2v) is 5.56. The maximum absolute atomic E-state index is 13.5. The Balaban J connectivity index is 1.60. The Bertz CT molecular complexity index is 792. The molecule has 0 aliphatic rings. The SMILES string of the molecule is Cc1ccc(CNCCn2c(C)nc3ccccc32)cc1F. The van der Waals surface area contributed by atoms with Gasteiger partial charge in [-0.3, -0.25) is 0 Å². The Morgan fingerprint density at radius 3 is 2.77 bits per heavy atom. The fourth-order valence-electron chi connectivity index (χ4n) is 2.65. The fraction of sp³-hybridized carbons (Fsp3) is 0.278. The number of para-hydroxylation sites is 2. The van der Waals surface area contributed by atoms with Gasteiger partial charge in [0.15, 0.2) is 0 Å². The van der Waals surface area contributed by atoms with Gasteiger partial charge in [0, 0.05) is 19.6 Å². The molecule has 3 nitrogen and oxygen atoms in total. The Hall–Kier alpha value is -2.20. The van der Waals surface area contributed by atoms with Crippen LogP contribution in [0.15, 0.2) is 42.5 Å². The van der Waals surface area contributed by atoms with Crippen molar-refractivity contribution in [1.82, 2.24) is 14.9 Å². The molecule has 22 heavy (non-hydrogen) atoms. The Kier molecular flexibility index (Phi) is 4.20. The van der Waals surface area contributed by atoms with Gasteiger partial charge in [-0.2, -0.15) is 0 Å². The monoisotopic (exact) mass is 297 g/mol. The number of halogens is 1. The number of aryl methyl sites for hydroxylation is 2. The molecular formula is C18H20FN3. The molecule has 4 heteroatoms. The second-order valence-electron chi connectivity index (χ2n) is 5.56. The van der Waals surface area contributed by atoms with E-state index in [-0.39, 0.29) is 5.82 Å². The summed E-state index contributed by atoms with van der Waals surface area (Å²) in [5.74, 6) is 0.875. The molecule has 1 N–H and O–H groups in total. The van der Waals surface area contributed by atoms with Gasteiger partial charge in [0.25, 0.3) is 0 Å². The number of imidazole rings is 1. The van der Waals surface area contributed by atoms with Gasteiger partial charge in [-0.25, -0.2) is 9.37 Å². The van der Waals surface area contributed by atoms with E-state index >= 15 is 0 Å². The number of fused-ring (bicyclic) bond motifs is 1. The van der Waals surface area contributed by atoms with Crippen molar-refractivity contribution in [2.45, 2.75) is 26.9 Å². The van der Waals surface area contributed by atoms with Gasteiger partial charge in [-0.15, -0.1) is 0 Å². The predicted octanol–water partition coefficient (Wildman–Crippen LogP) is 3.58. The molecule has 114 valence electrons. The standard InChI is InChI=1S/C18H20FN3/c1-13-7-8-15(11-16(13)19)12-20-9-10-22-14(2)21-17-5-3-4-6-18(17)22/h3-8,11,20H,9-10,12H2,1-2H3. The molecule has 3 aromatic rings. The van der Waals surface area contributed by atoms with Crippen LogP contribution in [0.3, 0.4) is 0 Å². The average molecular weight is 297 g/mol. The van der Waals surface area contributed by atoms with Crippen molar-refractivity contribution in [3.05, 3.63) is 65.2 Å². The van der Waals surface area contributed by atoms with Gasteiger partial charge in [-0.1, -0.05) is 24.3 Å². The maximum atomic E-state index is 13.5. The minimum absolute atomic E-state index is 0.143. The number of rotatable bonds is 5. The molecule has 0 radical (unpaired) electrons. The topological polar surface area (TPSA) is 29.9 Å². The average Bonchev–Trinajstić information content (AvgIpc) is 2.83. The normalized spacial score (nSPS) is 11.2. The van der Waals surface area contributed by atoms with E-state index < -0.39 is 0 Å². The number of nitrogens with zero attached hydrogens (tertiary/aromatic N) is 2. The maximum Gasteiger partial charge on any atom is 0.126 e. The summed E-state index contributed by atoms with van der Waals surface area (Å²) < 4.78 is 15.7. The lowest BCUT2D eigenvalue weighted by atomic mass is 10.1. The quantitative estimate of drug-likeness (QED) is 0.729. The summed E-state index contributed by atoms with van der Waals surface area (Å²) in [5, 5.41) is 3.36. The number of aromatic nitrogens is 2. The highest BCUT2D eigenvalue weighted by Crippen LogP contribution is 2.15. The van der Waals surface area contributed by atoms with E-state index in [1.807, 2.05) is 37.3 Å². The lowest BCUT2D eigenvalue weighted by Gasteiger charge is -2.09. The molecule has 1 heterocycles. The Labute approximate surface area is 129 Å². The number of hydrogen-bond donors (Lipinski definition) is 1. The summed E-state index contributed by atoms with van der Waals surface area (Å²) in [7, 11) is 0. The van der Waals surface area contributed by atoms with Crippen molar-refractivity contribution in [3.63, 3.8) is 0 Å². The summed E-state index contributed by atoms with van der Waals surface area (Å²) in [6.07, 6.45) is 0. The lowest BCUT2D eigenvalue weighted by molar-refractivity contribution is 0.589. The summed E-state index contributed by atoms with van der Waals surface area (Å²) in [4.78, 5) is 4.56. The molecule has 0 bridgehead atoms. The van der Waals surface area contributed by atoms with Crippen LogP contribution >= 0.6 is 0 Å². The molecule has 0 saturated heterocycles. The van der Waals surface area contributed by atoms with Gasteiger partial charge >= 0.3 is 0 Å². The van der Waals surface area contributed by atoms with E-state index in [2.05, 4.69) is 20.9 Å². The van der Waals surface area contributed by atoms with Crippen LogP contribution in [0.5, 0.6) is 0 Å². The van der Waals surface area contributed by atoms with Crippen LogP contribution in [0.25, 0.3) is 11.0 Å². The van der Waals surface area contributed by atoms with E-state index in [9.17, 15) is 4.39 Å². The summed E-state index contributed by atoms with van der Waals surface area (Å²) in [6.45, 7) is 6.13. The minimum atomic E-state index is -0.143. The third kappa shape index (κ3) is 3.02. The van der Waals surface area contributed by atoms with E-state index in [4.69, 9.17) is 0 Å². The number of nitrogens with one attached hydrogen (secondary N) is 1. The van der Waals surface area contributed by atoms with Gasteiger partial charge in [0.1, 0.15) is 11.6 Å². The molecule has 0 saturated carbocycles. The molecule has 2 aromatic carbocycles. The highest BCUT2D eigenvalue weighted by atomic mass is 19.1. The fourth-order valence-corrected chi connectivity index (χ4v) is 2.65. The zero-order valence-electron chi connectivity index (χ0n) is 12.9. The van der Waals surface area contributed by atoms with Crippen LogP contribution in [-0.2, 0) is 13.1 Å². The van der Waals surface area contributed by atoms with E-state index in [1.165, 1.54) is 0 Å². The van der Waals surface area contributed by atoms with Crippen LogP contribution < -0.4 is 5.32 Å². The first-order chi connectivity index (χ1) is 10.6. The van der Waals surface area contributed by atoms with E-state index in [1.54, 1.807) is 13.0 Å². The van der Waals surface area contributed by atoms with Crippen LogP contribution in [-0.4, -0.2) is 16.1 Å². The van der Waals surface area contributed by atoms with Crippen molar-refractivity contribution in [3.8, 4) is 0 Å². The van der Waals surface area contributed by atoms with E-state index in [0.717, 1.165) is 35.5 Å². The molecule has 0 aliphatic carbocycles. The smallest absolute Gasteiger partial charge is 0.126 e. The summed E-state index contributed by atoms with van der Waals surface area (Å²) in [6, 6.07) is 13.5. The highest BCUT2D eigenvalue weighted by Gasteiger charge is 2.06. The summed E-state index contributed by atoms with van der Waals surface area (Å²) in [5.41, 5.74) is 3.84. The summed E-state index contributed by atoms with van der Waals surface area (Å²) >= 11 is 0. The number of benzene rings is 2. The molecule has 0 fully saturated rings. The molecule has 0 spiro atoms. The molecule has 3 rings (SSSR count).